The molecule has 0 saturated carbocycles. The molecule has 3 aromatic rings. The Labute approximate surface area is 152 Å². The number of carbonyl (C=O) groups is 2. The molecule has 1 amide bonds. The number of para-hydroxylation sites is 2. The molecule has 0 aliphatic rings. The smallest absolute Gasteiger partial charge is 0.243 e. The zero-order valence-electron chi connectivity index (χ0n) is 14.7. The van der Waals surface area contributed by atoms with E-state index in [1.54, 1.807) is 13.0 Å². The van der Waals surface area contributed by atoms with E-state index in [0.717, 1.165) is 16.9 Å². The highest BCUT2D eigenvalue weighted by Crippen LogP contribution is 2.17. The van der Waals surface area contributed by atoms with Crippen LogP contribution in [0.3, 0.4) is 0 Å². The Morgan fingerprint density at radius 3 is 2.58 bits per heavy atom. The van der Waals surface area contributed by atoms with Gasteiger partial charge in [-0.3, -0.25) is 9.59 Å². The van der Waals surface area contributed by atoms with Crippen molar-refractivity contribution in [3.05, 3.63) is 78.1 Å². The zero-order chi connectivity index (χ0) is 18.4. The van der Waals surface area contributed by atoms with Gasteiger partial charge >= 0.3 is 0 Å². The van der Waals surface area contributed by atoms with E-state index in [-0.39, 0.29) is 18.2 Å². The number of Topliss-reactive ketones (excluding diaryl/α,β-unsaturated/α-hetero) is 1. The number of hydrogen-bond acceptors (Lipinski definition) is 3. The van der Waals surface area contributed by atoms with Crippen molar-refractivity contribution < 1.29 is 9.59 Å². The second-order valence-electron chi connectivity index (χ2n) is 5.93. The minimum atomic E-state index is -0.129. The molecule has 0 radical (unpaired) electrons. The van der Waals surface area contributed by atoms with Crippen LogP contribution in [0, 0.1) is 0 Å². The lowest BCUT2D eigenvalue weighted by molar-refractivity contribution is -0.116. The first-order chi connectivity index (χ1) is 12.7. The van der Waals surface area contributed by atoms with Gasteiger partial charge in [0.25, 0.3) is 0 Å². The second-order valence-corrected chi connectivity index (χ2v) is 5.93. The van der Waals surface area contributed by atoms with Crippen molar-refractivity contribution in [2.24, 2.45) is 0 Å². The molecular formula is C21H21N3O2. The summed E-state index contributed by atoms with van der Waals surface area (Å²) in [5.74, 6) is 0.694. The van der Waals surface area contributed by atoms with E-state index >= 15 is 0 Å². The SMILES string of the molecule is C/C=C/C(=O)NCCc1nc2ccccc2n1CC(=O)c1ccccc1. The highest BCUT2D eigenvalue weighted by molar-refractivity contribution is 5.96. The summed E-state index contributed by atoms with van der Waals surface area (Å²) in [7, 11) is 0. The Morgan fingerprint density at radius 1 is 1.08 bits per heavy atom. The summed E-state index contributed by atoms with van der Waals surface area (Å²) in [6.07, 6.45) is 3.74. The van der Waals surface area contributed by atoms with Gasteiger partial charge in [0.05, 0.1) is 17.6 Å². The lowest BCUT2D eigenvalue weighted by atomic mass is 10.1. The Morgan fingerprint density at radius 2 is 1.81 bits per heavy atom. The molecule has 3 rings (SSSR count). The summed E-state index contributed by atoms with van der Waals surface area (Å²) in [5, 5.41) is 2.82. The van der Waals surface area contributed by atoms with E-state index < -0.39 is 0 Å². The molecule has 1 aromatic heterocycles. The van der Waals surface area contributed by atoms with Gasteiger partial charge < -0.3 is 9.88 Å². The molecule has 132 valence electrons. The van der Waals surface area contributed by atoms with E-state index in [9.17, 15) is 9.59 Å². The predicted molar refractivity (Wildman–Crippen MR) is 102 cm³/mol. The molecule has 0 aliphatic heterocycles. The monoisotopic (exact) mass is 347 g/mol. The summed E-state index contributed by atoms with van der Waals surface area (Å²) >= 11 is 0. The summed E-state index contributed by atoms with van der Waals surface area (Å²) in [6.45, 7) is 2.49. The average molecular weight is 347 g/mol. The van der Waals surface area contributed by atoms with Crippen molar-refractivity contribution in [1.29, 1.82) is 0 Å². The van der Waals surface area contributed by atoms with E-state index in [0.29, 0.717) is 18.5 Å². The normalized spacial score (nSPS) is 11.1. The number of ketones is 1. The highest BCUT2D eigenvalue weighted by Gasteiger charge is 2.14. The van der Waals surface area contributed by atoms with E-state index in [2.05, 4.69) is 10.3 Å². The third kappa shape index (κ3) is 4.06. The number of hydrogen-bond donors (Lipinski definition) is 1. The molecular weight excluding hydrogens is 326 g/mol. The van der Waals surface area contributed by atoms with Gasteiger partial charge in [-0.05, 0) is 25.1 Å². The fourth-order valence-corrected chi connectivity index (χ4v) is 2.86. The predicted octanol–water partition coefficient (Wildman–Crippen LogP) is 3.15. The number of fused-ring (bicyclic) bond motifs is 1. The number of benzene rings is 2. The van der Waals surface area contributed by atoms with Crippen LogP contribution in [-0.4, -0.2) is 27.8 Å². The molecule has 0 atom stereocenters. The molecule has 1 heterocycles. The number of aromatic nitrogens is 2. The average Bonchev–Trinajstić information content (AvgIpc) is 3.00. The first-order valence-corrected chi connectivity index (χ1v) is 8.62. The van der Waals surface area contributed by atoms with Crippen molar-refractivity contribution in [1.82, 2.24) is 14.9 Å². The van der Waals surface area contributed by atoms with Crippen LogP contribution in [0.2, 0.25) is 0 Å². The molecule has 5 heteroatoms. The quantitative estimate of drug-likeness (QED) is 0.527. The summed E-state index contributed by atoms with van der Waals surface area (Å²) in [4.78, 5) is 28.9. The van der Waals surface area contributed by atoms with Crippen molar-refractivity contribution >= 4 is 22.7 Å². The fraction of sp³-hybridized carbons (Fsp3) is 0.190. The molecule has 1 N–H and O–H groups in total. The molecule has 0 saturated heterocycles. The number of amides is 1. The fourth-order valence-electron chi connectivity index (χ4n) is 2.86. The molecule has 0 spiro atoms. The van der Waals surface area contributed by atoms with Crippen molar-refractivity contribution in [2.45, 2.75) is 19.9 Å². The summed E-state index contributed by atoms with van der Waals surface area (Å²) < 4.78 is 1.94. The summed E-state index contributed by atoms with van der Waals surface area (Å²) in [6, 6.07) is 17.0. The van der Waals surface area contributed by atoms with Crippen molar-refractivity contribution in [3.63, 3.8) is 0 Å². The standard InChI is InChI=1S/C21H21N3O2/c1-2-8-21(26)22-14-13-20-23-17-11-6-7-12-18(17)24(20)15-19(25)16-9-4-3-5-10-16/h2-12H,13-15H2,1H3,(H,22,26)/b8-2+. The van der Waals surface area contributed by atoms with Crippen LogP contribution < -0.4 is 5.32 Å². The molecule has 0 aliphatic carbocycles. The maximum Gasteiger partial charge on any atom is 0.243 e. The molecule has 26 heavy (non-hydrogen) atoms. The van der Waals surface area contributed by atoms with Gasteiger partial charge in [-0.2, -0.15) is 0 Å². The first kappa shape index (κ1) is 17.6. The maximum absolute atomic E-state index is 12.6. The number of rotatable bonds is 7. The molecule has 0 fully saturated rings. The van der Waals surface area contributed by atoms with Crippen LogP contribution in [-0.2, 0) is 17.8 Å². The van der Waals surface area contributed by atoms with Crippen LogP contribution >= 0.6 is 0 Å². The van der Waals surface area contributed by atoms with E-state index in [4.69, 9.17) is 0 Å². The Kier molecular flexibility index (Phi) is 5.59. The lowest BCUT2D eigenvalue weighted by Crippen LogP contribution is -2.25. The lowest BCUT2D eigenvalue weighted by Gasteiger charge is -2.09. The van der Waals surface area contributed by atoms with Crippen molar-refractivity contribution in [3.8, 4) is 0 Å². The van der Waals surface area contributed by atoms with Crippen LogP contribution in [0.15, 0.2) is 66.7 Å². The first-order valence-electron chi connectivity index (χ1n) is 8.62. The second kappa shape index (κ2) is 8.25. The molecule has 0 bridgehead atoms. The molecule has 0 unspecified atom stereocenters. The Balaban J connectivity index is 1.83. The highest BCUT2D eigenvalue weighted by atomic mass is 16.1. The van der Waals surface area contributed by atoms with Gasteiger partial charge in [0.1, 0.15) is 5.82 Å². The van der Waals surface area contributed by atoms with Gasteiger partial charge in [0.2, 0.25) is 5.91 Å². The third-order valence-electron chi connectivity index (χ3n) is 4.10. The minimum Gasteiger partial charge on any atom is -0.352 e. The van der Waals surface area contributed by atoms with Crippen molar-refractivity contribution in [2.75, 3.05) is 6.54 Å². The number of nitrogens with zero attached hydrogens (tertiary/aromatic N) is 2. The van der Waals surface area contributed by atoms with Crippen LogP contribution in [0.1, 0.15) is 23.1 Å². The number of allylic oxidation sites excluding steroid dienone is 1. The van der Waals surface area contributed by atoms with Gasteiger partial charge in [-0.15, -0.1) is 0 Å². The number of imidazole rings is 1. The Hall–Kier alpha value is -3.21. The third-order valence-corrected chi connectivity index (χ3v) is 4.10. The Bertz CT molecular complexity index is 942. The largest absolute Gasteiger partial charge is 0.352 e. The molecule has 5 nitrogen and oxygen atoms in total. The number of carbonyl (C=O) groups excluding carboxylic acids is 2. The van der Waals surface area contributed by atoms with Gasteiger partial charge in [-0.1, -0.05) is 48.5 Å². The molecule has 2 aromatic carbocycles. The van der Waals surface area contributed by atoms with Crippen LogP contribution in [0.4, 0.5) is 0 Å². The summed E-state index contributed by atoms with van der Waals surface area (Å²) in [5.41, 5.74) is 2.45. The number of nitrogens with one attached hydrogen (secondary N) is 1. The van der Waals surface area contributed by atoms with E-state index in [1.807, 2.05) is 59.2 Å². The van der Waals surface area contributed by atoms with Crippen LogP contribution in [0.5, 0.6) is 0 Å². The minimum absolute atomic E-state index is 0.0351. The van der Waals surface area contributed by atoms with Gasteiger partial charge in [-0.25, -0.2) is 4.98 Å². The van der Waals surface area contributed by atoms with E-state index in [1.165, 1.54) is 6.08 Å². The van der Waals surface area contributed by atoms with Gasteiger partial charge in [0.15, 0.2) is 5.78 Å². The zero-order valence-corrected chi connectivity index (χ0v) is 14.7. The maximum atomic E-state index is 12.6. The van der Waals surface area contributed by atoms with Gasteiger partial charge in [0, 0.05) is 18.5 Å². The van der Waals surface area contributed by atoms with Crippen LogP contribution in [0.25, 0.3) is 11.0 Å². The topological polar surface area (TPSA) is 64.0 Å².